The first kappa shape index (κ1) is 16.6. The van der Waals surface area contributed by atoms with E-state index in [4.69, 9.17) is 4.74 Å². The van der Waals surface area contributed by atoms with E-state index in [0.29, 0.717) is 26.1 Å². The van der Waals surface area contributed by atoms with Crippen molar-refractivity contribution in [3.63, 3.8) is 0 Å². The van der Waals surface area contributed by atoms with E-state index < -0.39 is 11.8 Å². The van der Waals surface area contributed by atoms with Gasteiger partial charge in [-0.25, -0.2) is 4.79 Å². The Balaban J connectivity index is 2.11. The highest BCUT2D eigenvalue weighted by atomic mass is 16.6. The Kier molecular flexibility index (Phi) is 7.22. The van der Waals surface area contributed by atoms with Crippen molar-refractivity contribution >= 4 is 5.97 Å². The minimum atomic E-state index is -2.39. The maximum Gasteiger partial charge on any atom is 0.366 e. The van der Waals surface area contributed by atoms with Crippen LogP contribution in [0, 0.1) is 0 Å². The first-order valence-corrected chi connectivity index (χ1v) is 6.80. The lowest BCUT2D eigenvalue weighted by Gasteiger charge is -2.19. The van der Waals surface area contributed by atoms with Gasteiger partial charge in [0, 0.05) is 13.0 Å². The summed E-state index contributed by atoms with van der Waals surface area (Å²) in [6.45, 7) is 2.78. The van der Waals surface area contributed by atoms with Crippen LogP contribution in [0.25, 0.3) is 0 Å². The van der Waals surface area contributed by atoms with Crippen molar-refractivity contribution in [3.05, 3.63) is 35.9 Å². The maximum absolute atomic E-state index is 11.2. The molecule has 0 saturated heterocycles. The summed E-state index contributed by atoms with van der Waals surface area (Å²) in [5.74, 6) is -3.39. The molecular formula is C15H22O5. The fraction of sp³-hybridized carbons (Fsp3) is 0.533. The molecule has 5 heteroatoms. The standard InChI is InChI=1S/C15H22O5/c1-2-20-14(16)15(17,18)10-6-7-11-19-12-13-8-4-3-5-9-13/h3-5,8-9,17-18H,2,6-7,10-12H2,1H3. The van der Waals surface area contributed by atoms with Crippen molar-refractivity contribution in [2.75, 3.05) is 13.2 Å². The van der Waals surface area contributed by atoms with Crippen LogP contribution in [0.15, 0.2) is 30.3 Å². The molecule has 0 aliphatic rings. The molecule has 0 radical (unpaired) electrons. The van der Waals surface area contributed by atoms with E-state index >= 15 is 0 Å². The van der Waals surface area contributed by atoms with Gasteiger partial charge < -0.3 is 19.7 Å². The van der Waals surface area contributed by atoms with Crippen LogP contribution in [0.4, 0.5) is 0 Å². The molecule has 2 N–H and O–H groups in total. The largest absolute Gasteiger partial charge is 0.462 e. The number of aliphatic hydroxyl groups is 2. The van der Waals surface area contributed by atoms with Crippen LogP contribution in [-0.2, 0) is 20.9 Å². The molecule has 1 rings (SSSR count). The summed E-state index contributed by atoms with van der Waals surface area (Å²) in [6.07, 6.45) is 1.07. The van der Waals surface area contributed by atoms with Crippen LogP contribution in [0.2, 0.25) is 0 Å². The van der Waals surface area contributed by atoms with Gasteiger partial charge in [-0.3, -0.25) is 0 Å². The van der Waals surface area contributed by atoms with E-state index in [1.54, 1.807) is 6.92 Å². The topological polar surface area (TPSA) is 76.0 Å². The maximum atomic E-state index is 11.2. The molecule has 0 aromatic heterocycles. The molecule has 0 aliphatic heterocycles. The number of rotatable bonds is 9. The van der Waals surface area contributed by atoms with Gasteiger partial charge in [-0.2, -0.15) is 0 Å². The van der Waals surface area contributed by atoms with E-state index in [-0.39, 0.29) is 13.0 Å². The van der Waals surface area contributed by atoms with Crippen LogP contribution in [0.1, 0.15) is 31.7 Å². The SMILES string of the molecule is CCOC(=O)C(O)(O)CCCCOCc1ccccc1. The van der Waals surface area contributed by atoms with Gasteiger partial charge in [0.15, 0.2) is 0 Å². The third kappa shape index (κ3) is 6.14. The quantitative estimate of drug-likeness (QED) is 0.409. The smallest absolute Gasteiger partial charge is 0.366 e. The van der Waals surface area contributed by atoms with Gasteiger partial charge in [0.05, 0.1) is 13.2 Å². The molecule has 20 heavy (non-hydrogen) atoms. The van der Waals surface area contributed by atoms with E-state index in [2.05, 4.69) is 4.74 Å². The number of unbranched alkanes of at least 4 members (excludes halogenated alkanes) is 1. The van der Waals surface area contributed by atoms with E-state index in [1.807, 2.05) is 30.3 Å². The Morgan fingerprint density at radius 3 is 2.55 bits per heavy atom. The Morgan fingerprint density at radius 1 is 1.20 bits per heavy atom. The van der Waals surface area contributed by atoms with Crippen LogP contribution in [-0.4, -0.2) is 35.2 Å². The fourth-order valence-electron chi connectivity index (χ4n) is 1.69. The molecule has 0 saturated carbocycles. The van der Waals surface area contributed by atoms with E-state index in [0.717, 1.165) is 5.56 Å². The molecule has 0 atom stereocenters. The molecule has 0 fully saturated rings. The molecule has 0 heterocycles. The normalized spacial score (nSPS) is 11.3. The predicted octanol–water partition coefficient (Wildman–Crippen LogP) is 1.62. The van der Waals surface area contributed by atoms with E-state index in [1.165, 1.54) is 0 Å². The Labute approximate surface area is 119 Å². The zero-order chi connectivity index (χ0) is 14.8. The fourth-order valence-corrected chi connectivity index (χ4v) is 1.69. The number of carbonyl (C=O) groups excluding carboxylic acids is 1. The summed E-state index contributed by atoms with van der Waals surface area (Å²) in [4.78, 5) is 11.2. The molecular weight excluding hydrogens is 260 g/mol. The first-order valence-electron chi connectivity index (χ1n) is 6.80. The van der Waals surface area contributed by atoms with Crippen molar-refractivity contribution in [2.45, 2.75) is 38.6 Å². The summed E-state index contributed by atoms with van der Waals surface area (Å²) in [5, 5.41) is 19.0. The van der Waals surface area contributed by atoms with Crippen molar-refractivity contribution in [3.8, 4) is 0 Å². The lowest BCUT2D eigenvalue weighted by atomic mass is 10.1. The Hall–Kier alpha value is -1.43. The molecule has 112 valence electrons. The first-order chi connectivity index (χ1) is 9.56. The van der Waals surface area contributed by atoms with Crippen LogP contribution < -0.4 is 0 Å². The number of hydrogen-bond acceptors (Lipinski definition) is 5. The highest BCUT2D eigenvalue weighted by molar-refractivity contribution is 5.77. The third-order valence-corrected chi connectivity index (χ3v) is 2.78. The zero-order valence-corrected chi connectivity index (χ0v) is 11.7. The van der Waals surface area contributed by atoms with Crippen molar-refractivity contribution < 1.29 is 24.5 Å². The number of ether oxygens (including phenoxy) is 2. The van der Waals surface area contributed by atoms with Crippen molar-refractivity contribution in [1.82, 2.24) is 0 Å². The highest BCUT2D eigenvalue weighted by Gasteiger charge is 2.33. The second-order valence-electron chi connectivity index (χ2n) is 4.53. The van der Waals surface area contributed by atoms with Gasteiger partial charge >= 0.3 is 5.97 Å². The van der Waals surface area contributed by atoms with Gasteiger partial charge in [-0.1, -0.05) is 30.3 Å². The molecule has 0 spiro atoms. The monoisotopic (exact) mass is 282 g/mol. The number of esters is 1. The molecule has 0 unspecified atom stereocenters. The van der Waals surface area contributed by atoms with Crippen molar-refractivity contribution in [1.29, 1.82) is 0 Å². The van der Waals surface area contributed by atoms with Gasteiger partial charge in [-0.15, -0.1) is 0 Å². The van der Waals surface area contributed by atoms with Gasteiger partial charge in [0.25, 0.3) is 5.79 Å². The summed E-state index contributed by atoms with van der Waals surface area (Å²) in [6, 6.07) is 9.80. The molecule has 0 aliphatic carbocycles. The minimum Gasteiger partial charge on any atom is -0.462 e. The zero-order valence-electron chi connectivity index (χ0n) is 11.7. The van der Waals surface area contributed by atoms with Crippen LogP contribution >= 0.6 is 0 Å². The highest BCUT2D eigenvalue weighted by Crippen LogP contribution is 2.13. The molecule has 1 aromatic carbocycles. The molecule has 1 aromatic rings. The van der Waals surface area contributed by atoms with E-state index in [9.17, 15) is 15.0 Å². The lowest BCUT2D eigenvalue weighted by molar-refractivity contribution is -0.211. The summed E-state index contributed by atoms with van der Waals surface area (Å²) < 4.78 is 10.0. The Morgan fingerprint density at radius 2 is 1.90 bits per heavy atom. The summed E-state index contributed by atoms with van der Waals surface area (Å²) >= 11 is 0. The molecule has 0 amide bonds. The van der Waals surface area contributed by atoms with Gasteiger partial charge in [-0.05, 0) is 25.3 Å². The van der Waals surface area contributed by atoms with Crippen LogP contribution in [0.3, 0.4) is 0 Å². The van der Waals surface area contributed by atoms with Crippen molar-refractivity contribution in [2.24, 2.45) is 0 Å². The number of hydrogen-bond donors (Lipinski definition) is 2. The predicted molar refractivity (Wildman–Crippen MR) is 73.8 cm³/mol. The molecule has 0 bridgehead atoms. The van der Waals surface area contributed by atoms with Gasteiger partial charge in [0.2, 0.25) is 0 Å². The number of carbonyl (C=O) groups is 1. The second kappa shape index (κ2) is 8.68. The average Bonchev–Trinajstić information content (AvgIpc) is 2.44. The summed E-state index contributed by atoms with van der Waals surface area (Å²) in [7, 11) is 0. The van der Waals surface area contributed by atoms with Crippen LogP contribution in [0.5, 0.6) is 0 Å². The minimum absolute atomic E-state index is 0.0550. The lowest BCUT2D eigenvalue weighted by Crippen LogP contribution is -2.39. The number of benzene rings is 1. The second-order valence-corrected chi connectivity index (χ2v) is 4.53. The van der Waals surface area contributed by atoms with Gasteiger partial charge in [0.1, 0.15) is 0 Å². The average molecular weight is 282 g/mol. The third-order valence-electron chi connectivity index (χ3n) is 2.78. The Bertz CT molecular complexity index is 389. The molecule has 5 nitrogen and oxygen atoms in total. The summed E-state index contributed by atoms with van der Waals surface area (Å²) in [5.41, 5.74) is 1.10.